The molecule has 2 N–H and O–H groups in total. The average molecular weight is 465 g/mol. The molecular weight excluding hydrogens is 448 g/mol. The van der Waals surface area contributed by atoms with Gasteiger partial charge in [-0.25, -0.2) is 8.78 Å². The molecule has 0 saturated carbocycles. The Kier molecular flexibility index (Phi) is 5.16. The van der Waals surface area contributed by atoms with Crippen LogP contribution in [-0.4, -0.2) is 43.8 Å². The lowest BCUT2D eigenvalue weighted by atomic mass is 10.0. The number of ether oxygens (including phenoxy) is 1. The van der Waals surface area contributed by atoms with Crippen LogP contribution in [0.15, 0.2) is 48.2 Å². The Hall–Kier alpha value is -4.41. The van der Waals surface area contributed by atoms with Gasteiger partial charge in [0.05, 0.1) is 17.7 Å². The summed E-state index contributed by atoms with van der Waals surface area (Å²) in [5.41, 5.74) is 6.72. The highest BCUT2D eigenvalue weighted by Gasteiger charge is 2.31. The number of benzene rings is 2. The molecule has 1 aromatic heterocycles. The maximum Gasteiger partial charge on any atom is 0.297 e. The first-order valence-corrected chi connectivity index (χ1v) is 10.3. The first-order valence-electron chi connectivity index (χ1n) is 10.3. The first-order chi connectivity index (χ1) is 16.3. The zero-order valence-electron chi connectivity index (χ0n) is 17.6. The van der Waals surface area contributed by atoms with Gasteiger partial charge < -0.3 is 19.9 Å². The van der Waals surface area contributed by atoms with Crippen molar-refractivity contribution in [2.24, 2.45) is 5.73 Å². The molecule has 0 fully saturated rings. The van der Waals surface area contributed by atoms with Gasteiger partial charge in [0.15, 0.2) is 23.2 Å². The summed E-state index contributed by atoms with van der Waals surface area (Å²) >= 11 is 0. The molecule has 5 rings (SSSR count). The summed E-state index contributed by atoms with van der Waals surface area (Å²) < 4.78 is 32.9. The zero-order chi connectivity index (χ0) is 24.0. The highest BCUT2D eigenvalue weighted by atomic mass is 19.3. The summed E-state index contributed by atoms with van der Waals surface area (Å²) in [6.07, 6.45) is -1.22. The van der Waals surface area contributed by atoms with Crippen molar-refractivity contribution in [3.63, 3.8) is 0 Å². The Bertz CT molecular complexity index is 1360. The van der Waals surface area contributed by atoms with E-state index in [-0.39, 0.29) is 54.0 Å². The minimum absolute atomic E-state index is 0.0352. The molecule has 0 atom stereocenters. The number of ketones is 1. The van der Waals surface area contributed by atoms with Gasteiger partial charge >= 0.3 is 0 Å². The number of hydrogen-bond acceptors (Lipinski definition) is 6. The normalized spacial score (nSPS) is 15.9. The van der Waals surface area contributed by atoms with Crippen LogP contribution in [-0.2, 0) is 13.1 Å². The van der Waals surface area contributed by atoms with E-state index in [1.54, 1.807) is 36.4 Å². The number of Topliss-reactive ketones (excluding diaryl/α,β-unsaturated/α-hetero) is 1. The van der Waals surface area contributed by atoms with E-state index >= 15 is 0 Å². The van der Waals surface area contributed by atoms with Gasteiger partial charge in [-0.3, -0.25) is 14.4 Å². The smallest absolute Gasteiger partial charge is 0.297 e. The lowest BCUT2D eigenvalue weighted by Gasteiger charge is -2.27. The van der Waals surface area contributed by atoms with Crippen LogP contribution in [0.25, 0.3) is 6.08 Å². The molecule has 3 heterocycles. The largest absolute Gasteiger partial charge is 0.452 e. The molecule has 2 aliphatic heterocycles. The number of allylic oxidation sites excluding steroid dienone is 1. The van der Waals surface area contributed by atoms with Crippen molar-refractivity contribution in [3.05, 3.63) is 82.1 Å². The van der Waals surface area contributed by atoms with Crippen molar-refractivity contribution in [1.29, 1.82) is 0 Å². The van der Waals surface area contributed by atoms with Crippen LogP contribution in [0.4, 0.5) is 8.78 Å². The molecular formula is C23H17F2N5O4. The Morgan fingerprint density at radius 3 is 2.56 bits per heavy atom. The number of halogens is 2. The fourth-order valence-electron chi connectivity index (χ4n) is 3.97. The fraction of sp³-hybridized carbons (Fsp3) is 0.174. The quantitative estimate of drug-likeness (QED) is 0.592. The molecule has 34 heavy (non-hydrogen) atoms. The van der Waals surface area contributed by atoms with E-state index in [2.05, 4.69) is 10.2 Å². The minimum atomic E-state index is -2.73. The number of rotatable bonds is 4. The monoisotopic (exact) mass is 465 g/mol. The zero-order valence-corrected chi connectivity index (χ0v) is 17.6. The third-order valence-corrected chi connectivity index (χ3v) is 5.68. The Labute approximate surface area is 191 Å². The van der Waals surface area contributed by atoms with Crippen LogP contribution in [0, 0.1) is 0 Å². The van der Waals surface area contributed by atoms with Gasteiger partial charge in [-0.05, 0) is 35.9 Å². The molecule has 3 aromatic rings. The number of carbonyl (C=O) groups is 3. The number of carbonyl (C=O) groups excluding carboxylic acids is 3. The summed E-state index contributed by atoms with van der Waals surface area (Å²) in [6.45, 7) is 0.510. The van der Waals surface area contributed by atoms with Crippen LogP contribution >= 0.6 is 0 Å². The van der Waals surface area contributed by atoms with Gasteiger partial charge in [0.25, 0.3) is 18.2 Å². The molecule has 0 bridgehead atoms. The van der Waals surface area contributed by atoms with Crippen molar-refractivity contribution < 1.29 is 27.9 Å². The number of amides is 2. The number of primary amides is 1. The number of nitrogens with zero attached hydrogens (tertiary/aromatic N) is 4. The number of para-hydroxylation sites is 1. The molecule has 9 nitrogen and oxygen atoms in total. The number of aromatic nitrogens is 3. The molecule has 0 unspecified atom stereocenters. The van der Waals surface area contributed by atoms with Gasteiger partial charge in [0.2, 0.25) is 5.78 Å². The van der Waals surface area contributed by atoms with E-state index in [0.29, 0.717) is 17.0 Å². The summed E-state index contributed by atoms with van der Waals surface area (Å²) in [6, 6.07) is 11.1. The number of alkyl halides is 2. The Balaban J connectivity index is 1.32. The highest BCUT2D eigenvalue weighted by molar-refractivity contribution is 6.16. The summed E-state index contributed by atoms with van der Waals surface area (Å²) in [5, 5.41) is 7.29. The molecule has 0 spiro atoms. The van der Waals surface area contributed by atoms with Crippen molar-refractivity contribution in [2.45, 2.75) is 19.5 Å². The molecule has 0 aliphatic carbocycles. The van der Waals surface area contributed by atoms with Gasteiger partial charge in [0.1, 0.15) is 0 Å². The Morgan fingerprint density at radius 1 is 1.09 bits per heavy atom. The van der Waals surface area contributed by atoms with Crippen LogP contribution in [0.2, 0.25) is 0 Å². The number of nitrogens with two attached hydrogens (primary N) is 1. The maximum absolute atomic E-state index is 13.0. The molecule has 172 valence electrons. The van der Waals surface area contributed by atoms with Gasteiger partial charge in [-0.1, -0.05) is 18.2 Å². The predicted molar refractivity (Wildman–Crippen MR) is 114 cm³/mol. The number of fused-ring (bicyclic) bond motifs is 2. The third-order valence-electron chi connectivity index (χ3n) is 5.68. The third kappa shape index (κ3) is 3.60. The van der Waals surface area contributed by atoms with Crippen molar-refractivity contribution in [3.8, 4) is 5.75 Å². The summed E-state index contributed by atoms with van der Waals surface area (Å²) in [4.78, 5) is 38.6. The van der Waals surface area contributed by atoms with Crippen molar-refractivity contribution >= 4 is 23.7 Å². The SMILES string of the molecule is NC(=O)c1cccc2c1O/C(=C\c1ccc(C(=O)N3CCn4c(nnc4C(F)F)C3)cc1)C2=O. The molecule has 2 amide bonds. The molecule has 2 aromatic carbocycles. The minimum Gasteiger partial charge on any atom is -0.452 e. The standard InChI is InChI=1S/C23H17F2N5O4/c24-20(25)22-28-27-17-11-29(8-9-30(17)22)23(33)13-6-4-12(5-7-13)10-16-18(31)14-2-1-3-15(21(26)32)19(14)34-16/h1-7,10,20H,8-9,11H2,(H2,26,32)/b16-10-. The van der Waals surface area contributed by atoms with Crippen molar-refractivity contribution in [1.82, 2.24) is 19.7 Å². The summed E-state index contributed by atoms with van der Waals surface area (Å²) in [7, 11) is 0. The maximum atomic E-state index is 13.0. The van der Waals surface area contributed by atoms with E-state index in [9.17, 15) is 23.2 Å². The van der Waals surface area contributed by atoms with Crippen LogP contribution in [0.3, 0.4) is 0 Å². The second-order valence-corrected chi connectivity index (χ2v) is 7.76. The fourth-order valence-corrected chi connectivity index (χ4v) is 3.97. The van der Waals surface area contributed by atoms with Crippen molar-refractivity contribution in [2.75, 3.05) is 6.54 Å². The second-order valence-electron chi connectivity index (χ2n) is 7.76. The lowest BCUT2D eigenvalue weighted by molar-refractivity contribution is 0.0698. The molecule has 0 saturated heterocycles. The van der Waals surface area contributed by atoms with Crippen LogP contribution in [0.5, 0.6) is 5.75 Å². The van der Waals surface area contributed by atoms with Gasteiger partial charge in [0, 0.05) is 18.7 Å². The average Bonchev–Trinajstić information content (AvgIpc) is 3.40. The van der Waals surface area contributed by atoms with Crippen LogP contribution < -0.4 is 10.5 Å². The Morgan fingerprint density at radius 2 is 1.85 bits per heavy atom. The molecule has 2 aliphatic rings. The topological polar surface area (TPSA) is 120 Å². The van der Waals surface area contributed by atoms with E-state index in [1.165, 1.54) is 21.6 Å². The second kappa shape index (κ2) is 8.18. The number of hydrogen-bond donors (Lipinski definition) is 1. The molecule has 0 radical (unpaired) electrons. The molecule has 11 heteroatoms. The summed E-state index contributed by atoms with van der Waals surface area (Å²) in [5.74, 6) is -1.27. The first kappa shape index (κ1) is 21.4. The van der Waals surface area contributed by atoms with Gasteiger partial charge in [-0.2, -0.15) is 0 Å². The lowest BCUT2D eigenvalue weighted by Crippen LogP contribution is -2.38. The van der Waals surface area contributed by atoms with E-state index in [4.69, 9.17) is 10.5 Å². The predicted octanol–water partition coefficient (Wildman–Crippen LogP) is 2.59. The van der Waals surface area contributed by atoms with Gasteiger partial charge in [-0.15, -0.1) is 10.2 Å². The van der Waals surface area contributed by atoms with E-state index in [0.717, 1.165) is 0 Å². The van der Waals surface area contributed by atoms with E-state index in [1.807, 2.05) is 0 Å². The van der Waals surface area contributed by atoms with Crippen LogP contribution in [0.1, 0.15) is 54.7 Å². The highest BCUT2D eigenvalue weighted by Crippen LogP contribution is 2.35. The van der Waals surface area contributed by atoms with E-state index < -0.39 is 18.2 Å².